The lowest BCUT2D eigenvalue weighted by Gasteiger charge is -2.06. The molecule has 0 spiro atoms. The van der Waals surface area contributed by atoms with Gasteiger partial charge in [-0.05, 0) is 12.1 Å². The number of benzene rings is 1. The first-order valence-electron chi connectivity index (χ1n) is 4.96. The molecule has 0 saturated heterocycles. The quantitative estimate of drug-likeness (QED) is 0.893. The van der Waals surface area contributed by atoms with Gasteiger partial charge in [0.2, 0.25) is 0 Å². The molecule has 0 radical (unpaired) electrons. The number of nitrogens with two attached hydrogens (primary N) is 1. The lowest BCUT2D eigenvalue weighted by Crippen LogP contribution is -2.13. The van der Waals surface area contributed by atoms with E-state index in [9.17, 15) is 9.18 Å². The summed E-state index contributed by atoms with van der Waals surface area (Å²) >= 11 is 1.14. The van der Waals surface area contributed by atoms with Crippen LogP contribution >= 0.6 is 11.3 Å². The summed E-state index contributed by atoms with van der Waals surface area (Å²) in [6.07, 6.45) is 0. The number of nitrogens with one attached hydrogen (secondary N) is 1. The first-order chi connectivity index (χ1) is 8.60. The van der Waals surface area contributed by atoms with Crippen molar-refractivity contribution in [1.29, 1.82) is 0 Å². The zero-order valence-electron chi connectivity index (χ0n) is 9.44. The minimum atomic E-state index is -0.549. The highest BCUT2D eigenvalue weighted by atomic mass is 32.1. The minimum Gasteiger partial charge on any atom is -0.497 e. The molecule has 1 aromatic heterocycles. The molecular weight excluding hydrogens is 257 g/mol. The van der Waals surface area contributed by atoms with Crippen LogP contribution in [-0.4, -0.2) is 18.0 Å². The van der Waals surface area contributed by atoms with Crippen LogP contribution in [0.1, 0.15) is 10.5 Å². The molecular formula is C11H10FN3O2S. The molecule has 18 heavy (non-hydrogen) atoms. The Hall–Kier alpha value is -2.15. The minimum absolute atomic E-state index is 0.0333. The fourth-order valence-electron chi connectivity index (χ4n) is 1.31. The van der Waals surface area contributed by atoms with E-state index in [4.69, 9.17) is 10.5 Å². The van der Waals surface area contributed by atoms with Crippen molar-refractivity contribution in [3.05, 3.63) is 35.1 Å². The summed E-state index contributed by atoms with van der Waals surface area (Å²) in [5, 5.41) is 4.20. The number of rotatable bonds is 3. The first-order valence-corrected chi connectivity index (χ1v) is 5.84. The molecule has 0 aliphatic carbocycles. The van der Waals surface area contributed by atoms with Gasteiger partial charge in [0.15, 0.2) is 5.13 Å². The number of halogens is 1. The number of nitrogens with zero attached hydrogens (tertiary/aromatic N) is 1. The van der Waals surface area contributed by atoms with Gasteiger partial charge in [-0.2, -0.15) is 0 Å². The van der Waals surface area contributed by atoms with Crippen molar-refractivity contribution in [1.82, 2.24) is 4.98 Å². The van der Waals surface area contributed by atoms with Gasteiger partial charge in [-0.3, -0.25) is 4.79 Å². The number of amides is 1. The lowest BCUT2D eigenvalue weighted by molar-refractivity contribution is 0.102. The van der Waals surface area contributed by atoms with Crippen LogP contribution < -0.4 is 15.8 Å². The number of nitrogen functional groups attached to an aromatic ring is 1. The van der Waals surface area contributed by atoms with E-state index < -0.39 is 11.7 Å². The van der Waals surface area contributed by atoms with Crippen LogP contribution in [0.5, 0.6) is 5.75 Å². The normalized spacial score (nSPS) is 10.1. The van der Waals surface area contributed by atoms with Gasteiger partial charge < -0.3 is 15.8 Å². The second-order valence-corrected chi connectivity index (χ2v) is 4.26. The van der Waals surface area contributed by atoms with Gasteiger partial charge in [-0.1, -0.05) is 0 Å². The summed E-state index contributed by atoms with van der Waals surface area (Å²) in [5.41, 5.74) is 5.60. The number of methoxy groups -OCH3 is 1. The van der Waals surface area contributed by atoms with E-state index in [-0.39, 0.29) is 16.5 Å². The zero-order valence-corrected chi connectivity index (χ0v) is 10.3. The summed E-state index contributed by atoms with van der Waals surface area (Å²) in [5.74, 6) is -0.619. The third-order valence-corrected chi connectivity index (χ3v) is 2.85. The number of ether oxygens (including phenoxy) is 1. The number of carbonyl (C=O) groups excluding carboxylic acids is 1. The van der Waals surface area contributed by atoms with Crippen LogP contribution in [0.15, 0.2) is 23.6 Å². The van der Waals surface area contributed by atoms with E-state index in [0.29, 0.717) is 5.75 Å². The van der Waals surface area contributed by atoms with Crippen molar-refractivity contribution in [3.63, 3.8) is 0 Å². The van der Waals surface area contributed by atoms with Crippen molar-refractivity contribution in [3.8, 4) is 5.75 Å². The average molecular weight is 267 g/mol. The Kier molecular flexibility index (Phi) is 3.42. The number of hydrogen-bond acceptors (Lipinski definition) is 5. The van der Waals surface area contributed by atoms with Gasteiger partial charge in [-0.25, -0.2) is 9.37 Å². The molecule has 3 N–H and O–H groups in total. The highest BCUT2D eigenvalue weighted by molar-refractivity contribution is 7.13. The molecule has 0 saturated carbocycles. The predicted octanol–water partition coefficient (Wildman–Crippen LogP) is 2.13. The molecule has 0 atom stereocenters. The van der Waals surface area contributed by atoms with E-state index in [1.165, 1.54) is 30.7 Å². The molecule has 7 heteroatoms. The molecule has 0 bridgehead atoms. The highest BCUT2D eigenvalue weighted by Crippen LogP contribution is 2.22. The molecule has 0 fully saturated rings. The topological polar surface area (TPSA) is 77.2 Å². The van der Waals surface area contributed by atoms with Crippen LogP contribution in [0, 0.1) is 5.82 Å². The monoisotopic (exact) mass is 267 g/mol. The third-order valence-electron chi connectivity index (χ3n) is 2.18. The van der Waals surface area contributed by atoms with Crippen LogP contribution in [0.25, 0.3) is 0 Å². The molecule has 1 aromatic carbocycles. The molecule has 2 aromatic rings. The van der Waals surface area contributed by atoms with Crippen molar-refractivity contribution in [2.75, 3.05) is 18.2 Å². The Bertz CT molecular complexity index is 585. The van der Waals surface area contributed by atoms with Gasteiger partial charge in [-0.15, -0.1) is 11.3 Å². The second kappa shape index (κ2) is 5.01. The predicted molar refractivity (Wildman–Crippen MR) is 67.4 cm³/mol. The number of carbonyl (C=O) groups is 1. The number of aromatic nitrogens is 1. The molecule has 1 amide bonds. The summed E-state index contributed by atoms with van der Waals surface area (Å²) in [4.78, 5) is 15.6. The fraction of sp³-hybridized carbons (Fsp3) is 0.0909. The molecule has 2 rings (SSSR count). The molecule has 5 nitrogen and oxygen atoms in total. The van der Waals surface area contributed by atoms with E-state index >= 15 is 0 Å². The van der Waals surface area contributed by atoms with Crippen LogP contribution in [0.2, 0.25) is 0 Å². The van der Waals surface area contributed by atoms with Gasteiger partial charge in [0.05, 0.1) is 12.8 Å². The largest absolute Gasteiger partial charge is 0.497 e. The Morgan fingerprint density at radius 3 is 2.94 bits per heavy atom. The number of hydrogen-bond donors (Lipinski definition) is 2. The number of anilines is 2. The van der Waals surface area contributed by atoms with Crippen LogP contribution in [0.4, 0.5) is 15.2 Å². The van der Waals surface area contributed by atoms with E-state index in [0.717, 1.165) is 11.3 Å². The Morgan fingerprint density at radius 1 is 1.56 bits per heavy atom. The van der Waals surface area contributed by atoms with E-state index in [1.807, 2.05) is 0 Å². The van der Waals surface area contributed by atoms with Crippen molar-refractivity contribution >= 4 is 28.1 Å². The van der Waals surface area contributed by atoms with Gasteiger partial charge >= 0.3 is 0 Å². The van der Waals surface area contributed by atoms with Gasteiger partial charge in [0.1, 0.15) is 17.3 Å². The third kappa shape index (κ3) is 2.57. The van der Waals surface area contributed by atoms with Gasteiger partial charge in [0, 0.05) is 11.4 Å². The second-order valence-electron chi connectivity index (χ2n) is 3.37. The fourth-order valence-corrected chi connectivity index (χ4v) is 1.85. The van der Waals surface area contributed by atoms with Crippen molar-refractivity contribution < 1.29 is 13.9 Å². The molecule has 1 heterocycles. The summed E-state index contributed by atoms with van der Waals surface area (Å²) in [6, 6.07) is 4.07. The molecule has 0 aliphatic rings. The Morgan fingerprint density at radius 2 is 2.33 bits per heavy atom. The first kappa shape index (κ1) is 12.3. The van der Waals surface area contributed by atoms with Crippen LogP contribution in [-0.2, 0) is 0 Å². The highest BCUT2D eigenvalue weighted by Gasteiger charge is 2.12. The van der Waals surface area contributed by atoms with Gasteiger partial charge in [0.25, 0.3) is 5.91 Å². The Balaban J connectivity index is 2.21. The van der Waals surface area contributed by atoms with Crippen LogP contribution in [0.3, 0.4) is 0 Å². The molecule has 0 aliphatic heterocycles. The maximum atomic E-state index is 13.5. The van der Waals surface area contributed by atoms with Crippen molar-refractivity contribution in [2.45, 2.75) is 0 Å². The van der Waals surface area contributed by atoms with E-state index in [2.05, 4.69) is 10.3 Å². The maximum Gasteiger partial charge on any atom is 0.275 e. The maximum absolute atomic E-state index is 13.5. The smallest absolute Gasteiger partial charge is 0.275 e. The summed E-state index contributed by atoms with van der Waals surface area (Å²) < 4.78 is 18.4. The van der Waals surface area contributed by atoms with Crippen molar-refractivity contribution in [2.24, 2.45) is 0 Å². The average Bonchev–Trinajstić information content (AvgIpc) is 2.79. The molecule has 94 valence electrons. The number of thiazole rings is 1. The summed E-state index contributed by atoms with van der Waals surface area (Å²) in [6.45, 7) is 0. The Labute approximate surface area is 106 Å². The SMILES string of the molecule is COc1ccc(F)c(NC(=O)c2csc(N)n2)c1. The molecule has 0 unspecified atom stereocenters. The standard InChI is InChI=1S/C11H10FN3O2S/c1-17-6-2-3-7(12)8(4-6)14-10(16)9-5-18-11(13)15-9/h2-5H,1H3,(H2,13,15)(H,14,16). The zero-order chi connectivity index (χ0) is 13.1. The van der Waals surface area contributed by atoms with E-state index in [1.54, 1.807) is 0 Å². The lowest BCUT2D eigenvalue weighted by atomic mass is 10.2. The summed E-state index contributed by atoms with van der Waals surface area (Å²) in [7, 11) is 1.46.